The lowest BCUT2D eigenvalue weighted by molar-refractivity contribution is 1.16. The molecule has 4 heteroatoms. The molecule has 3 aromatic rings. The van der Waals surface area contributed by atoms with Gasteiger partial charge in [0.1, 0.15) is 12.2 Å². The van der Waals surface area contributed by atoms with Gasteiger partial charge in [0.05, 0.1) is 11.0 Å². The van der Waals surface area contributed by atoms with Gasteiger partial charge in [-0.25, -0.2) is 15.0 Å². The number of hydrogen-bond acceptors (Lipinski definition) is 3. The van der Waals surface area contributed by atoms with E-state index in [-0.39, 0.29) is 0 Å². The lowest BCUT2D eigenvalue weighted by Gasteiger charge is -2.00. The molecule has 0 aliphatic rings. The monoisotopic (exact) mass is 210 g/mol. The van der Waals surface area contributed by atoms with E-state index in [1.165, 1.54) is 6.33 Å². The highest BCUT2D eigenvalue weighted by Gasteiger charge is 2.07. The fourth-order valence-electron chi connectivity index (χ4n) is 1.83. The zero-order chi connectivity index (χ0) is 11.0. The summed E-state index contributed by atoms with van der Waals surface area (Å²) in [6, 6.07) is 6.05. The minimum atomic E-state index is 0.916. The van der Waals surface area contributed by atoms with Gasteiger partial charge in [-0.1, -0.05) is 12.1 Å². The fourth-order valence-corrected chi connectivity index (χ4v) is 1.83. The molecule has 0 amide bonds. The molecule has 0 radical (unpaired) electrons. The van der Waals surface area contributed by atoms with Crippen LogP contribution in [0.3, 0.4) is 0 Å². The normalized spacial score (nSPS) is 10.8. The van der Waals surface area contributed by atoms with Gasteiger partial charge in [-0.3, -0.25) is 0 Å². The summed E-state index contributed by atoms with van der Waals surface area (Å²) >= 11 is 0. The van der Waals surface area contributed by atoms with Crippen LogP contribution < -0.4 is 0 Å². The molecule has 0 saturated heterocycles. The third-order valence-electron chi connectivity index (χ3n) is 2.50. The van der Waals surface area contributed by atoms with E-state index in [9.17, 15) is 0 Å². The SMILES string of the molecule is Cc1nc2c(-c3cncnc3)cccc2[nH]1. The molecule has 1 aromatic carbocycles. The van der Waals surface area contributed by atoms with E-state index < -0.39 is 0 Å². The number of aryl methyl sites for hydroxylation is 1. The number of aromatic amines is 1. The molecule has 3 rings (SSSR count). The first-order chi connectivity index (χ1) is 7.84. The first kappa shape index (κ1) is 9.03. The van der Waals surface area contributed by atoms with Gasteiger partial charge in [-0.15, -0.1) is 0 Å². The Hall–Kier alpha value is -2.23. The minimum absolute atomic E-state index is 0.916. The topological polar surface area (TPSA) is 54.5 Å². The van der Waals surface area contributed by atoms with Crippen LogP contribution >= 0.6 is 0 Å². The van der Waals surface area contributed by atoms with Crippen molar-refractivity contribution < 1.29 is 0 Å². The number of benzene rings is 1. The van der Waals surface area contributed by atoms with Crippen LogP contribution in [0.5, 0.6) is 0 Å². The first-order valence-corrected chi connectivity index (χ1v) is 5.05. The molecule has 0 saturated carbocycles. The quantitative estimate of drug-likeness (QED) is 0.670. The second-order valence-corrected chi connectivity index (χ2v) is 3.65. The smallest absolute Gasteiger partial charge is 0.115 e. The highest BCUT2D eigenvalue weighted by molar-refractivity contribution is 5.91. The second-order valence-electron chi connectivity index (χ2n) is 3.65. The predicted molar refractivity (Wildman–Crippen MR) is 61.9 cm³/mol. The summed E-state index contributed by atoms with van der Waals surface area (Å²) in [7, 11) is 0. The molecule has 78 valence electrons. The number of imidazole rings is 1. The van der Waals surface area contributed by atoms with Crippen molar-refractivity contribution in [2.24, 2.45) is 0 Å². The van der Waals surface area contributed by atoms with Crippen molar-refractivity contribution in [1.29, 1.82) is 0 Å². The van der Waals surface area contributed by atoms with E-state index in [0.29, 0.717) is 0 Å². The summed E-state index contributed by atoms with van der Waals surface area (Å²) in [5.74, 6) is 0.916. The Labute approximate surface area is 92.4 Å². The maximum Gasteiger partial charge on any atom is 0.115 e. The van der Waals surface area contributed by atoms with Gasteiger partial charge < -0.3 is 4.98 Å². The average Bonchev–Trinajstić information content (AvgIpc) is 2.70. The van der Waals surface area contributed by atoms with Crippen molar-refractivity contribution in [3.05, 3.63) is 42.7 Å². The van der Waals surface area contributed by atoms with Crippen molar-refractivity contribution >= 4 is 11.0 Å². The maximum absolute atomic E-state index is 4.48. The summed E-state index contributed by atoms with van der Waals surface area (Å²) in [6.07, 6.45) is 5.12. The van der Waals surface area contributed by atoms with E-state index in [1.54, 1.807) is 12.4 Å². The number of nitrogens with one attached hydrogen (secondary N) is 1. The Morgan fingerprint density at radius 3 is 2.75 bits per heavy atom. The van der Waals surface area contributed by atoms with Crippen molar-refractivity contribution in [3.63, 3.8) is 0 Å². The average molecular weight is 210 g/mol. The third kappa shape index (κ3) is 1.35. The van der Waals surface area contributed by atoms with Gasteiger partial charge in [0, 0.05) is 23.5 Å². The van der Waals surface area contributed by atoms with Gasteiger partial charge in [0.2, 0.25) is 0 Å². The lowest BCUT2D eigenvalue weighted by atomic mass is 10.1. The van der Waals surface area contributed by atoms with Crippen LogP contribution in [0.1, 0.15) is 5.82 Å². The molecule has 0 unspecified atom stereocenters. The van der Waals surface area contributed by atoms with Crippen molar-refractivity contribution in [2.45, 2.75) is 6.92 Å². The maximum atomic E-state index is 4.48. The molecular weight excluding hydrogens is 200 g/mol. The number of H-pyrrole nitrogens is 1. The molecule has 0 bridgehead atoms. The van der Waals surface area contributed by atoms with Crippen molar-refractivity contribution in [1.82, 2.24) is 19.9 Å². The fraction of sp³-hybridized carbons (Fsp3) is 0.0833. The molecule has 16 heavy (non-hydrogen) atoms. The van der Waals surface area contributed by atoms with Crippen molar-refractivity contribution in [2.75, 3.05) is 0 Å². The summed E-state index contributed by atoms with van der Waals surface area (Å²) in [6.45, 7) is 1.95. The van der Waals surface area contributed by atoms with E-state index in [2.05, 4.69) is 19.9 Å². The molecule has 0 fully saturated rings. The number of fused-ring (bicyclic) bond motifs is 1. The minimum Gasteiger partial charge on any atom is -0.342 e. The Balaban J connectivity index is 2.31. The van der Waals surface area contributed by atoms with Crippen LogP contribution in [-0.2, 0) is 0 Å². The highest BCUT2D eigenvalue weighted by atomic mass is 14.9. The zero-order valence-electron chi connectivity index (χ0n) is 8.81. The Kier molecular flexibility index (Phi) is 1.93. The Morgan fingerprint density at radius 1 is 1.12 bits per heavy atom. The van der Waals surface area contributed by atoms with Crippen molar-refractivity contribution in [3.8, 4) is 11.1 Å². The van der Waals surface area contributed by atoms with Crippen LogP contribution in [0.4, 0.5) is 0 Å². The van der Waals surface area contributed by atoms with Gasteiger partial charge in [-0.05, 0) is 13.0 Å². The molecule has 2 aromatic heterocycles. The van der Waals surface area contributed by atoms with E-state index in [4.69, 9.17) is 0 Å². The Bertz CT molecular complexity index is 628. The van der Waals surface area contributed by atoms with Gasteiger partial charge in [0.25, 0.3) is 0 Å². The summed E-state index contributed by atoms with van der Waals surface area (Å²) < 4.78 is 0. The number of para-hydroxylation sites is 1. The number of rotatable bonds is 1. The van der Waals surface area contributed by atoms with Crippen LogP contribution in [0.2, 0.25) is 0 Å². The van der Waals surface area contributed by atoms with Gasteiger partial charge in [-0.2, -0.15) is 0 Å². The van der Waals surface area contributed by atoms with Gasteiger partial charge in [0.15, 0.2) is 0 Å². The Morgan fingerprint density at radius 2 is 1.94 bits per heavy atom. The molecule has 2 heterocycles. The van der Waals surface area contributed by atoms with Crippen LogP contribution in [0.15, 0.2) is 36.9 Å². The molecular formula is C12H10N4. The van der Waals surface area contributed by atoms with Crippen LogP contribution in [0.25, 0.3) is 22.2 Å². The second kappa shape index (κ2) is 3.41. The van der Waals surface area contributed by atoms with Gasteiger partial charge >= 0.3 is 0 Å². The van der Waals surface area contributed by atoms with Crippen LogP contribution in [0, 0.1) is 6.92 Å². The summed E-state index contributed by atoms with van der Waals surface area (Å²) in [5, 5.41) is 0. The largest absolute Gasteiger partial charge is 0.342 e. The molecule has 4 nitrogen and oxygen atoms in total. The van der Waals surface area contributed by atoms with E-state index in [0.717, 1.165) is 28.0 Å². The third-order valence-corrected chi connectivity index (χ3v) is 2.50. The number of hydrogen-bond donors (Lipinski definition) is 1. The standard InChI is InChI=1S/C12H10N4/c1-8-15-11-4-2-3-10(12(11)16-8)9-5-13-7-14-6-9/h2-7H,1H3,(H,15,16). The number of aromatic nitrogens is 4. The number of nitrogens with zero attached hydrogens (tertiary/aromatic N) is 3. The van der Waals surface area contributed by atoms with Crippen LogP contribution in [-0.4, -0.2) is 19.9 Å². The summed E-state index contributed by atoms with van der Waals surface area (Å²) in [4.78, 5) is 15.7. The molecule has 0 atom stereocenters. The predicted octanol–water partition coefficient (Wildman–Crippen LogP) is 2.33. The van der Waals surface area contributed by atoms with E-state index in [1.807, 2.05) is 25.1 Å². The van der Waals surface area contributed by atoms with E-state index >= 15 is 0 Å². The highest BCUT2D eigenvalue weighted by Crippen LogP contribution is 2.25. The molecule has 1 N–H and O–H groups in total. The lowest BCUT2D eigenvalue weighted by Crippen LogP contribution is -1.83. The molecule has 0 spiro atoms. The molecule has 0 aliphatic carbocycles. The molecule has 0 aliphatic heterocycles. The summed E-state index contributed by atoms with van der Waals surface area (Å²) in [5.41, 5.74) is 4.05. The first-order valence-electron chi connectivity index (χ1n) is 5.05. The zero-order valence-corrected chi connectivity index (χ0v) is 8.81.